The van der Waals surface area contributed by atoms with Gasteiger partial charge in [-0.15, -0.1) is 6.58 Å². The van der Waals surface area contributed by atoms with Gasteiger partial charge in [0.1, 0.15) is 18.0 Å². The van der Waals surface area contributed by atoms with Gasteiger partial charge < -0.3 is 14.5 Å². The number of allylic oxidation sites excluding steroid dienone is 1. The summed E-state index contributed by atoms with van der Waals surface area (Å²) in [7, 11) is 0. The van der Waals surface area contributed by atoms with E-state index in [9.17, 15) is 0 Å². The Kier molecular flexibility index (Phi) is 5.84. The molecule has 1 N–H and O–H groups in total. The maximum Gasteiger partial charge on any atom is 0.135 e. The van der Waals surface area contributed by atoms with Crippen LogP contribution in [0.2, 0.25) is 0 Å². The summed E-state index contributed by atoms with van der Waals surface area (Å²) in [6, 6.07) is 8.15. The molecule has 3 nitrogen and oxygen atoms in total. The van der Waals surface area contributed by atoms with Crippen LogP contribution in [0, 0.1) is 0 Å². The van der Waals surface area contributed by atoms with Gasteiger partial charge in [-0.1, -0.05) is 31.2 Å². The van der Waals surface area contributed by atoms with Crippen molar-refractivity contribution in [3.05, 3.63) is 48.2 Å². The van der Waals surface area contributed by atoms with Crippen molar-refractivity contribution in [3.8, 4) is 0 Å². The van der Waals surface area contributed by atoms with Gasteiger partial charge in [0.15, 0.2) is 0 Å². The highest BCUT2D eigenvalue weighted by Crippen LogP contribution is 2.26. The molecule has 1 heterocycles. The zero-order chi connectivity index (χ0) is 14.2. The van der Waals surface area contributed by atoms with Crippen molar-refractivity contribution in [2.45, 2.75) is 32.9 Å². The van der Waals surface area contributed by atoms with Crippen LogP contribution in [0.1, 0.15) is 31.1 Å². The first-order valence-corrected chi connectivity index (χ1v) is 7.25. The summed E-state index contributed by atoms with van der Waals surface area (Å²) in [6.07, 6.45) is 3.91. The summed E-state index contributed by atoms with van der Waals surface area (Å²) in [5.74, 6) is 0.936. The Balaban J connectivity index is 2.07. The highest BCUT2D eigenvalue weighted by Gasteiger charge is 2.13. The van der Waals surface area contributed by atoms with Crippen molar-refractivity contribution in [1.29, 1.82) is 0 Å². The number of furan rings is 1. The van der Waals surface area contributed by atoms with Crippen LogP contribution in [0.4, 0.5) is 0 Å². The first-order chi connectivity index (χ1) is 9.86. The average Bonchev–Trinajstić information content (AvgIpc) is 2.82. The molecule has 3 heteroatoms. The lowest BCUT2D eigenvalue weighted by molar-refractivity contribution is 0.105. The minimum Gasteiger partial charge on any atom is -0.458 e. The number of unbranched alkanes of at least 4 members (excludes halogenated alkanes) is 1. The summed E-state index contributed by atoms with van der Waals surface area (Å²) in [6.45, 7) is 8.85. The van der Waals surface area contributed by atoms with Crippen LogP contribution in [0.25, 0.3) is 11.0 Å². The van der Waals surface area contributed by atoms with Crippen LogP contribution in [0.5, 0.6) is 0 Å². The topological polar surface area (TPSA) is 34.4 Å². The van der Waals surface area contributed by atoms with Crippen molar-refractivity contribution in [2.24, 2.45) is 0 Å². The Labute approximate surface area is 120 Å². The van der Waals surface area contributed by atoms with Gasteiger partial charge in [-0.2, -0.15) is 0 Å². The second kappa shape index (κ2) is 7.88. The predicted octanol–water partition coefficient (Wildman–Crippen LogP) is 4.03. The summed E-state index contributed by atoms with van der Waals surface area (Å²) in [5.41, 5.74) is 2.15. The Bertz CT molecular complexity index is 545. The molecule has 0 fully saturated rings. The van der Waals surface area contributed by atoms with Crippen molar-refractivity contribution >= 4 is 11.0 Å². The standard InChI is InChI=1S/C17H23NO2/c1-3-5-8-11-19-13-17-15(12-18-4-2)14-9-6-7-10-16(14)20-17/h3,6-7,9-10,18H,1,4-5,8,11-13H2,2H3. The molecule has 0 saturated carbocycles. The van der Waals surface area contributed by atoms with Crippen LogP contribution in [-0.2, 0) is 17.9 Å². The number of nitrogens with one attached hydrogen (secondary N) is 1. The molecule has 1 aromatic heterocycles. The average molecular weight is 273 g/mol. The van der Waals surface area contributed by atoms with E-state index >= 15 is 0 Å². The molecule has 0 radical (unpaired) electrons. The molecule has 0 saturated heterocycles. The second-order valence-corrected chi connectivity index (χ2v) is 4.76. The zero-order valence-corrected chi connectivity index (χ0v) is 12.2. The Morgan fingerprint density at radius 1 is 1.35 bits per heavy atom. The van der Waals surface area contributed by atoms with E-state index in [2.05, 4.69) is 24.9 Å². The maximum absolute atomic E-state index is 5.92. The highest BCUT2D eigenvalue weighted by molar-refractivity contribution is 5.82. The van der Waals surface area contributed by atoms with Gasteiger partial charge in [0.2, 0.25) is 0 Å². The van der Waals surface area contributed by atoms with Crippen LogP contribution in [0.15, 0.2) is 41.3 Å². The van der Waals surface area contributed by atoms with E-state index in [4.69, 9.17) is 9.15 Å². The number of hydrogen-bond donors (Lipinski definition) is 1. The summed E-state index contributed by atoms with van der Waals surface area (Å²) >= 11 is 0. The number of para-hydroxylation sites is 1. The van der Waals surface area contributed by atoms with Crippen LogP contribution < -0.4 is 5.32 Å². The molecule has 0 aliphatic carbocycles. The SMILES string of the molecule is C=CCCCOCc1oc2ccccc2c1CNCC. The number of benzene rings is 1. The molecule has 0 aliphatic heterocycles. The number of fused-ring (bicyclic) bond motifs is 1. The molecule has 2 rings (SSSR count). The molecule has 0 aliphatic rings. The predicted molar refractivity (Wildman–Crippen MR) is 82.7 cm³/mol. The highest BCUT2D eigenvalue weighted by atomic mass is 16.5. The van der Waals surface area contributed by atoms with E-state index < -0.39 is 0 Å². The third-order valence-corrected chi connectivity index (χ3v) is 3.26. The van der Waals surface area contributed by atoms with Crippen molar-refractivity contribution in [1.82, 2.24) is 5.32 Å². The molecule has 108 valence electrons. The molecule has 2 aromatic rings. The summed E-state index contributed by atoms with van der Waals surface area (Å²) in [4.78, 5) is 0. The quantitative estimate of drug-likeness (QED) is 0.553. The van der Waals surface area contributed by atoms with Gasteiger partial charge in [0.05, 0.1) is 0 Å². The molecule has 0 amide bonds. The van der Waals surface area contributed by atoms with E-state index in [0.717, 1.165) is 43.9 Å². The Morgan fingerprint density at radius 2 is 2.20 bits per heavy atom. The zero-order valence-electron chi connectivity index (χ0n) is 12.2. The van der Waals surface area contributed by atoms with E-state index in [1.54, 1.807) is 0 Å². The van der Waals surface area contributed by atoms with E-state index in [-0.39, 0.29) is 0 Å². The van der Waals surface area contributed by atoms with Gasteiger partial charge in [-0.25, -0.2) is 0 Å². The fraction of sp³-hybridized carbons (Fsp3) is 0.412. The molecule has 20 heavy (non-hydrogen) atoms. The van der Waals surface area contributed by atoms with E-state index in [1.165, 1.54) is 10.9 Å². The minimum atomic E-state index is 0.534. The lowest BCUT2D eigenvalue weighted by atomic mass is 10.1. The van der Waals surface area contributed by atoms with Crippen molar-refractivity contribution in [3.63, 3.8) is 0 Å². The van der Waals surface area contributed by atoms with Gasteiger partial charge >= 0.3 is 0 Å². The third kappa shape index (κ3) is 3.71. The first-order valence-electron chi connectivity index (χ1n) is 7.25. The molecule has 1 aromatic carbocycles. The molecular formula is C17H23NO2. The lowest BCUT2D eigenvalue weighted by Gasteiger charge is -2.05. The van der Waals surface area contributed by atoms with Crippen LogP contribution >= 0.6 is 0 Å². The van der Waals surface area contributed by atoms with E-state index in [0.29, 0.717) is 6.61 Å². The third-order valence-electron chi connectivity index (χ3n) is 3.26. The van der Waals surface area contributed by atoms with Gasteiger partial charge in [0, 0.05) is 24.1 Å². The Morgan fingerprint density at radius 3 is 3.00 bits per heavy atom. The smallest absolute Gasteiger partial charge is 0.135 e. The van der Waals surface area contributed by atoms with Crippen LogP contribution in [-0.4, -0.2) is 13.2 Å². The minimum absolute atomic E-state index is 0.534. The van der Waals surface area contributed by atoms with Crippen molar-refractivity contribution in [2.75, 3.05) is 13.2 Å². The molecule has 0 atom stereocenters. The molecule has 0 spiro atoms. The van der Waals surface area contributed by atoms with Crippen LogP contribution in [0.3, 0.4) is 0 Å². The number of hydrogen-bond acceptors (Lipinski definition) is 3. The largest absolute Gasteiger partial charge is 0.458 e. The first kappa shape index (κ1) is 14.8. The molecule has 0 unspecified atom stereocenters. The number of ether oxygens (including phenoxy) is 1. The lowest BCUT2D eigenvalue weighted by Crippen LogP contribution is -2.13. The van der Waals surface area contributed by atoms with Gasteiger partial charge in [0.25, 0.3) is 0 Å². The van der Waals surface area contributed by atoms with Gasteiger partial charge in [-0.05, 0) is 25.5 Å². The van der Waals surface area contributed by atoms with E-state index in [1.807, 2.05) is 24.3 Å². The fourth-order valence-electron chi connectivity index (χ4n) is 2.20. The molecule has 0 bridgehead atoms. The second-order valence-electron chi connectivity index (χ2n) is 4.76. The molecular weight excluding hydrogens is 250 g/mol. The Hall–Kier alpha value is -1.58. The van der Waals surface area contributed by atoms with Gasteiger partial charge in [-0.3, -0.25) is 0 Å². The maximum atomic E-state index is 5.92. The summed E-state index contributed by atoms with van der Waals surface area (Å²) in [5, 5.41) is 4.54. The summed E-state index contributed by atoms with van der Waals surface area (Å²) < 4.78 is 11.6. The fourth-order valence-corrected chi connectivity index (χ4v) is 2.20. The normalized spacial score (nSPS) is 11.1. The van der Waals surface area contributed by atoms with Crippen molar-refractivity contribution < 1.29 is 9.15 Å². The number of rotatable bonds is 9. The monoisotopic (exact) mass is 273 g/mol.